The summed E-state index contributed by atoms with van der Waals surface area (Å²) in [5.74, 6) is -0.212. The average molecular weight is 339 g/mol. The van der Waals surface area contributed by atoms with E-state index in [9.17, 15) is 9.59 Å². The van der Waals surface area contributed by atoms with Gasteiger partial charge in [-0.05, 0) is 37.5 Å². The molecule has 3 aromatic rings. The van der Waals surface area contributed by atoms with E-state index in [1.165, 1.54) is 15.3 Å². The summed E-state index contributed by atoms with van der Waals surface area (Å²) in [4.78, 5) is 29.7. The highest BCUT2D eigenvalue weighted by atomic mass is 16.4. The molecule has 128 valence electrons. The van der Waals surface area contributed by atoms with Gasteiger partial charge in [-0.25, -0.2) is 19.3 Å². The Hall–Kier alpha value is -3.16. The first-order valence-corrected chi connectivity index (χ1v) is 8.17. The van der Waals surface area contributed by atoms with E-state index in [0.717, 1.165) is 36.5 Å². The lowest BCUT2D eigenvalue weighted by molar-refractivity contribution is 0.0696. The molecule has 0 unspecified atom stereocenters. The molecule has 4 heterocycles. The lowest BCUT2D eigenvalue weighted by Crippen LogP contribution is -2.26. The predicted molar refractivity (Wildman–Crippen MR) is 91.6 cm³/mol. The van der Waals surface area contributed by atoms with E-state index in [0.29, 0.717) is 12.2 Å². The minimum atomic E-state index is -0.974. The monoisotopic (exact) mass is 339 g/mol. The van der Waals surface area contributed by atoms with Crippen molar-refractivity contribution in [1.29, 1.82) is 0 Å². The van der Waals surface area contributed by atoms with E-state index in [4.69, 9.17) is 5.11 Å². The first-order valence-electron chi connectivity index (χ1n) is 8.17. The van der Waals surface area contributed by atoms with Gasteiger partial charge in [0.15, 0.2) is 5.65 Å². The number of aromatic carboxylic acids is 1. The summed E-state index contributed by atoms with van der Waals surface area (Å²) in [6, 6.07) is 5.40. The maximum Gasteiger partial charge on any atom is 0.350 e. The van der Waals surface area contributed by atoms with Crippen LogP contribution in [0.4, 0.5) is 11.5 Å². The van der Waals surface area contributed by atoms with Crippen LogP contribution >= 0.6 is 0 Å². The molecule has 1 aliphatic rings. The van der Waals surface area contributed by atoms with Crippen LogP contribution < -0.4 is 10.6 Å². The Bertz CT molecular complexity index is 1040. The van der Waals surface area contributed by atoms with E-state index in [1.807, 2.05) is 24.0 Å². The van der Waals surface area contributed by atoms with Gasteiger partial charge in [-0.2, -0.15) is 0 Å². The highest BCUT2D eigenvalue weighted by Crippen LogP contribution is 2.32. The normalized spacial score (nSPS) is 13.9. The van der Waals surface area contributed by atoms with Gasteiger partial charge >= 0.3 is 11.7 Å². The lowest BCUT2D eigenvalue weighted by atomic mass is 10.0. The molecule has 0 fully saturated rings. The molecule has 8 heteroatoms. The van der Waals surface area contributed by atoms with Crippen LogP contribution in [-0.2, 0) is 13.0 Å². The van der Waals surface area contributed by atoms with Gasteiger partial charge in [0.25, 0.3) is 0 Å². The Balaban J connectivity index is 1.80. The zero-order chi connectivity index (χ0) is 17.6. The van der Waals surface area contributed by atoms with Gasteiger partial charge in [-0.3, -0.25) is 4.40 Å². The Morgan fingerprint density at radius 3 is 2.96 bits per heavy atom. The number of pyridine rings is 2. The van der Waals surface area contributed by atoms with Crippen LogP contribution in [0.3, 0.4) is 0 Å². The molecule has 0 aliphatic carbocycles. The third-order valence-electron chi connectivity index (χ3n) is 4.45. The first-order chi connectivity index (χ1) is 12.1. The average Bonchev–Trinajstić information content (AvgIpc) is 2.96. The molecule has 0 saturated carbocycles. The van der Waals surface area contributed by atoms with E-state index in [1.54, 1.807) is 12.3 Å². The number of nitrogens with zero attached hydrogens (tertiary/aromatic N) is 5. The minimum absolute atomic E-state index is 0.160. The zero-order valence-electron chi connectivity index (χ0n) is 13.7. The zero-order valence-corrected chi connectivity index (χ0v) is 13.7. The van der Waals surface area contributed by atoms with Crippen molar-refractivity contribution in [3.63, 3.8) is 0 Å². The van der Waals surface area contributed by atoms with Crippen molar-refractivity contribution in [3.05, 3.63) is 52.2 Å². The summed E-state index contributed by atoms with van der Waals surface area (Å²) in [5, 5.41) is 13.5. The van der Waals surface area contributed by atoms with Crippen LogP contribution in [0.1, 0.15) is 29.3 Å². The molecule has 25 heavy (non-hydrogen) atoms. The van der Waals surface area contributed by atoms with E-state index < -0.39 is 5.97 Å². The quantitative estimate of drug-likeness (QED) is 0.781. The highest BCUT2D eigenvalue weighted by Gasteiger charge is 2.22. The van der Waals surface area contributed by atoms with Gasteiger partial charge < -0.3 is 10.0 Å². The fourth-order valence-electron chi connectivity index (χ4n) is 3.21. The third kappa shape index (κ3) is 2.46. The van der Waals surface area contributed by atoms with Crippen LogP contribution in [-0.4, -0.2) is 36.8 Å². The molecule has 0 spiro atoms. The van der Waals surface area contributed by atoms with E-state index in [2.05, 4.69) is 10.1 Å². The van der Waals surface area contributed by atoms with Crippen molar-refractivity contribution in [1.82, 2.24) is 19.2 Å². The number of carbonyl (C=O) groups is 1. The summed E-state index contributed by atoms with van der Waals surface area (Å²) in [5.41, 5.74) is 2.43. The van der Waals surface area contributed by atoms with Crippen LogP contribution in [0.15, 0.2) is 35.4 Å². The SMILES string of the molecule is CCn1nc2cc(N3CCCc4cc(C(=O)O)cnc43)ccn2c1=O. The molecule has 3 aromatic heterocycles. The van der Waals surface area contributed by atoms with Crippen LogP contribution in [0.25, 0.3) is 5.65 Å². The molecule has 8 nitrogen and oxygen atoms in total. The second-order valence-corrected chi connectivity index (χ2v) is 5.98. The van der Waals surface area contributed by atoms with Gasteiger partial charge in [0.2, 0.25) is 0 Å². The molecule has 4 rings (SSSR count). The van der Waals surface area contributed by atoms with Crippen LogP contribution in [0, 0.1) is 0 Å². The molecule has 0 amide bonds. The molecular weight excluding hydrogens is 322 g/mol. The van der Waals surface area contributed by atoms with Crippen molar-refractivity contribution in [3.8, 4) is 0 Å². The summed E-state index contributed by atoms with van der Waals surface area (Å²) in [6.45, 7) is 3.17. The van der Waals surface area contributed by atoms with Crippen molar-refractivity contribution in [2.45, 2.75) is 26.3 Å². The van der Waals surface area contributed by atoms with Crippen molar-refractivity contribution >= 4 is 23.1 Å². The van der Waals surface area contributed by atoms with Crippen LogP contribution in [0.2, 0.25) is 0 Å². The number of rotatable bonds is 3. The molecule has 1 aliphatic heterocycles. The van der Waals surface area contributed by atoms with Gasteiger partial charge in [-0.1, -0.05) is 0 Å². The summed E-state index contributed by atoms with van der Waals surface area (Å²) in [6.07, 6.45) is 4.80. The maximum atomic E-state index is 12.1. The van der Waals surface area contributed by atoms with Crippen molar-refractivity contribution in [2.24, 2.45) is 0 Å². The number of hydrogen-bond acceptors (Lipinski definition) is 5. The summed E-state index contributed by atoms with van der Waals surface area (Å²) >= 11 is 0. The van der Waals surface area contributed by atoms with Gasteiger partial charge in [0, 0.05) is 37.2 Å². The molecule has 0 bridgehead atoms. The predicted octanol–water partition coefficient (Wildman–Crippen LogP) is 1.69. The Labute approximate surface area is 143 Å². The lowest BCUT2D eigenvalue weighted by Gasteiger charge is -2.30. The Kier molecular flexibility index (Phi) is 3.52. The maximum absolute atomic E-state index is 12.1. The van der Waals surface area contributed by atoms with Crippen molar-refractivity contribution < 1.29 is 9.90 Å². The molecule has 1 N–H and O–H groups in total. The first kappa shape index (κ1) is 15.4. The largest absolute Gasteiger partial charge is 0.478 e. The van der Waals surface area contributed by atoms with Crippen molar-refractivity contribution in [2.75, 3.05) is 11.4 Å². The number of aromatic nitrogens is 4. The van der Waals surface area contributed by atoms with Gasteiger partial charge in [0.05, 0.1) is 5.56 Å². The van der Waals surface area contributed by atoms with Gasteiger partial charge in [0.1, 0.15) is 5.82 Å². The summed E-state index contributed by atoms with van der Waals surface area (Å²) < 4.78 is 2.93. The molecule has 0 saturated heterocycles. The Morgan fingerprint density at radius 2 is 2.20 bits per heavy atom. The molecule has 0 aromatic carbocycles. The number of anilines is 2. The topological polar surface area (TPSA) is 92.7 Å². The fourth-order valence-corrected chi connectivity index (χ4v) is 3.21. The molecular formula is C17H17N5O3. The highest BCUT2D eigenvalue weighted by molar-refractivity contribution is 5.88. The Morgan fingerprint density at radius 1 is 1.36 bits per heavy atom. The molecule has 0 atom stereocenters. The second kappa shape index (κ2) is 5.73. The van der Waals surface area contributed by atoms with E-state index in [-0.39, 0.29) is 11.3 Å². The molecule has 0 radical (unpaired) electrons. The fraction of sp³-hybridized carbons (Fsp3) is 0.294. The standard InChI is InChI=1S/C17H17N5O3/c1-2-22-17(25)21-7-5-13(9-14(21)19-22)20-6-3-4-11-8-12(16(23)24)10-18-15(11)20/h5,7-10H,2-4,6H2,1H3,(H,23,24). The number of fused-ring (bicyclic) bond motifs is 2. The minimum Gasteiger partial charge on any atom is -0.478 e. The number of hydrogen-bond donors (Lipinski definition) is 1. The smallest absolute Gasteiger partial charge is 0.350 e. The van der Waals surface area contributed by atoms with Gasteiger partial charge in [-0.15, -0.1) is 5.10 Å². The number of aryl methyl sites for hydroxylation is 2. The van der Waals surface area contributed by atoms with Crippen LogP contribution in [0.5, 0.6) is 0 Å². The van der Waals surface area contributed by atoms with E-state index >= 15 is 0 Å². The summed E-state index contributed by atoms with van der Waals surface area (Å²) in [7, 11) is 0. The second-order valence-electron chi connectivity index (χ2n) is 5.98. The number of carboxylic acids is 1. The third-order valence-corrected chi connectivity index (χ3v) is 4.45. The number of carboxylic acid groups (broad SMARTS) is 1.